The van der Waals surface area contributed by atoms with E-state index >= 15 is 0 Å². The molecule has 2 aromatic rings. The highest BCUT2D eigenvalue weighted by Crippen LogP contribution is 2.31. The van der Waals surface area contributed by atoms with E-state index in [0.29, 0.717) is 30.8 Å². The van der Waals surface area contributed by atoms with Crippen LogP contribution in [0, 0.1) is 18.8 Å². The summed E-state index contributed by atoms with van der Waals surface area (Å²) in [7, 11) is 0. The van der Waals surface area contributed by atoms with Crippen LogP contribution < -0.4 is 5.32 Å². The average molecular weight is 328 g/mol. The van der Waals surface area contributed by atoms with Crippen LogP contribution in [-0.2, 0) is 16.1 Å². The number of aromatic nitrogens is 1. The second-order valence-electron chi connectivity index (χ2n) is 6.27. The molecule has 0 unspecified atom stereocenters. The molecule has 0 radical (unpaired) electrons. The molecule has 1 fully saturated rings. The van der Waals surface area contributed by atoms with E-state index in [1.807, 2.05) is 31.2 Å². The molecule has 126 valence electrons. The number of hydrogen-bond acceptors (Lipinski definition) is 4. The smallest absolute Gasteiger partial charge is 0.306 e. The van der Waals surface area contributed by atoms with E-state index in [4.69, 9.17) is 9.52 Å². The van der Waals surface area contributed by atoms with Gasteiger partial charge in [0.15, 0.2) is 0 Å². The largest absolute Gasteiger partial charge is 0.481 e. The van der Waals surface area contributed by atoms with E-state index in [1.54, 1.807) is 0 Å². The lowest BCUT2D eigenvalue weighted by Crippen LogP contribution is -2.29. The molecule has 1 aliphatic carbocycles. The van der Waals surface area contributed by atoms with Crippen LogP contribution in [0.5, 0.6) is 0 Å². The second-order valence-corrected chi connectivity index (χ2v) is 6.27. The van der Waals surface area contributed by atoms with Crippen LogP contribution in [-0.4, -0.2) is 22.0 Å². The molecule has 3 rings (SSSR count). The first-order valence-corrected chi connectivity index (χ1v) is 8.05. The van der Waals surface area contributed by atoms with Crippen LogP contribution in [0.3, 0.4) is 0 Å². The Morgan fingerprint density at radius 3 is 2.62 bits per heavy atom. The summed E-state index contributed by atoms with van der Waals surface area (Å²) >= 11 is 0. The van der Waals surface area contributed by atoms with Gasteiger partial charge in [-0.1, -0.05) is 17.7 Å². The van der Waals surface area contributed by atoms with E-state index in [-0.39, 0.29) is 18.4 Å². The van der Waals surface area contributed by atoms with E-state index in [1.165, 1.54) is 6.26 Å². The minimum atomic E-state index is -0.815. The number of carboxylic acid groups (broad SMARTS) is 1. The zero-order valence-electron chi connectivity index (χ0n) is 13.5. The van der Waals surface area contributed by atoms with E-state index in [0.717, 1.165) is 11.1 Å². The molecular formula is C18H20N2O4. The Morgan fingerprint density at radius 2 is 1.96 bits per heavy atom. The summed E-state index contributed by atoms with van der Waals surface area (Å²) in [5.74, 6) is -1.04. The molecule has 0 bridgehead atoms. The molecule has 1 saturated carbocycles. The van der Waals surface area contributed by atoms with E-state index in [2.05, 4.69) is 10.3 Å². The van der Waals surface area contributed by atoms with Crippen LogP contribution in [0.4, 0.5) is 0 Å². The summed E-state index contributed by atoms with van der Waals surface area (Å²) in [6, 6.07) is 7.85. The van der Waals surface area contributed by atoms with Crippen LogP contribution in [0.15, 0.2) is 34.9 Å². The topological polar surface area (TPSA) is 92.4 Å². The standard InChI is InChI=1S/C18H20N2O4/c1-11-2-4-12(5-3-11)17-20-15(10-24-17)9-19-16(21)13-6-7-14(8-13)18(22)23/h2-5,10,13-14H,6-9H2,1H3,(H,19,21)(H,22,23)/t13-,14+/m1/s1. The van der Waals surface area contributed by atoms with Gasteiger partial charge in [0, 0.05) is 11.5 Å². The van der Waals surface area contributed by atoms with Crippen molar-refractivity contribution in [2.75, 3.05) is 0 Å². The third-order valence-electron chi connectivity index (χ3n) is 4.45. The number of rotatable bonds is 5. The predicted molar refractivity (Wildman–Crippen MR) is 87.0 cm³/mol. The first kappa shape index (κ1) is 16.2. The highest BCUT2D eigenvalue weighted by Gasteiger charge is 2.33. The average Bonchev–Trinajstić information content (AvgIpc) is 3.23. The first-order valence-electron chi connectivity index (χ1n) is 8.05. The number of carboxylic acids is 1. The first-order chi connectivity index (χ1) is 11.5. The van der Waals surface area contributed by atoms with Crippen LogP contribution >= 0.6 is 0 Å². The lowest BCUT2D eigenvalue weighted by molar-refractivity contribution is -0.141. The molecule has 1 amide bonds. The number of carbonyl (C=O) groups excluding carboxylic acids is 1. The molecule has 0 saturated heterocycles. The van der Waals surface area contributed by atoms with Gasteiger partial charge in [-0.05, 0) is 38.3 Å². The number of amides is 1. The summed E-state index contributed by atoms with van der Waals surface area (Å²) in [6.45, 7) is 2.29. The van der Waals surface area contributed by atoms with Crippen molar-refractivity contribution in [2.45, 2.75) is 32.7 Å². The van der Waals surface area contributed by atoms with Gasteiger partial charge in [-0.25, -0.2) is 4.98 Å². The van der Waals surface area contributed by atoms with E-state index in [9.17, 15) is 9.59 Å². The Kier molecular flexibility index (Phi) is 4.64. The molecule has 1 aromatic carbocycles. The molecule has 1 aliphatic rings. The number of aliphatic carboxylic acids is 1. The van der Waals surface area contributed by atoms with Crippen molar-refractivity contribution in [3.8, 4) is 11.5 Å². The fourth-order valence-electron chi connectivity index (χ4n) is 2.98. The van der Waals surface area contributed by atoms with Gasteiger partial charge in [0.1, 0.15) is 6.26 Å². The van der Waals surface area contributed by atoms with Crippen molar-refractivity contribution >= 4 is 11.9 Å². The molecule has 2 N–H and O–H groups in total. The van der Waals surface area contributed by atoms with Gasteiger partial charge in [-0.3, -0.25) is 9.59 Å². The summed E-state index contributed by atoms with van der Waals surface area (Å²) in [5, 5.41) is 11.8. The van der Waals surface area contributed by atoms with Crippen molar-refractivity contribution in [2.24, 2.45) is 11.8 Å². The minimum Gasteiger partial charge on any atom is -0.481 e. The Balaban J connectivity index is 1.55. The predicted octanol–water partition coefficient (Wildman–Crippen LogP) is 2.77. The van der Waals surface area contributed by atoms with Crippen molar-refractivity contribution < 1.29 is 19.1 Å². The van der Waals surface area contributed by atoms with Crippen LogP contribution in [0.1, 0.15) is 30.5 Å². The van der Waals surface area contributed by atoms with Gasteiger partial charge in [-0.15, -0.1) is 0 Å². The number of nitrogens with zero attached hydrogens (tertiary/aromatic N) is 1. The summed E-state index contributed by atoms with van der Waals surface area (Å²) < 4.78 is 5.46. The lowest BCUT2D eigenvalue weighted by Gasteiger charge is -2.09. The Labute approximate surface area is 139 Å². The van der Waals surface area contributed by atoms with Gasteiger partial charge in [-0.2, -0.15) is 0 Å². The second kappa shape index (κ2) is 6.86. The molecule has 0 spiro atoms. The summed E-state index contributed by atoms with van der Waals surface area (Å²) in [4.78, 5) is 27.5. The lowest BCUT2D eigenvalue weighted by atomic mass is 10.0. The number of carbonyl (C=O) groups is 2. The Bertz CT molecular complexity index is 736. The number of benzene rings is 1. The minimum absolute atomic E-state index is 0.112. The van der Waals surface area contributed by atoms with Crippen molar-refractivity contribution in [1.29, 1.82) is 0 Å². The fraction of sp³-hybridized carbons (Fsp3) is 0.389. The summed E-state index contributed by atoms with van der Waals surface area (Å²) in [6.07, 6.45) is 3.13. The van der Waals surface area contributed by atoms with Gasteiger partial charge < -0.3 is 14.8 Å². The maximum Gasteiger partial charge on any atom is 0.306 e. The molecule has 6 heteroatoms. The molecule has 1 aromatic heterocycles. The highest BCUT2D eigenvalue weighted by molar-refractivity contribution is 5.80. The van der Waals surface area contributed by atoms with E-state index < -0.39 is 11.9 Å². The number of nitrogens with one attached hydrogen (secondary N) is 1. The molecule has 0 aliphatic heterocycles. The third-order valence-corrected chi connectivity index (χ3v) is 4.45. The third kappa shape index (κ3) is 3.64. The fourth-order valence-corrected chi connectivity index (χ4v) is 2.98. The van der Waals surface area contributed by atoms with Gasteiger partial charge in [0.05, 0.1) is 18.2 Å². The molecule has 2 atom stereocenters. The zero-order chi connectivity index (χ0) is 17.1. The maximum absolute atomic E-state index is 12.1. The number of aryl methyl sites for hydroxylation is 1. The van der Waals surface area contributed by atoms with Crippen molar-refractivity contribution in [1.82, 2.24) is 10.3 Å². The number of oxazole rings is 1. The Morgan fingerprint density at radius 1 is 1.25 bits per heavy atom. The summed E-state index contributed by atoms with van der Waals surface area (Å²) in [5.41, 5.74) is 2.69. The van der Waals surface area contributed by atoms with Gasteiger partial charge >= 0.3 is 5.97 Å². The molecule has 1 heterocycles. The SMILES string of the molecule is Cc1ccc(-c2nc(CNC(=O)[C@@H]3CC[C@H](C(=O)O)C3)co2)cc1. The Hall–Kier alpha value is -2.63. The normalized spacial score (nSPS) is 20.0. The molecular weight excluding hydrogens is 308 g/mol. The van der Waals surface area contributed by atoms with Gasteiger partial charge in [0.2, 0.25) is 11.8 Å². The van der Waals surface area contributed by atoms with Crippen LogP contribution in [0.2, 0.25) is 0 Å². The van der Waals surface area contributed by atoms with Crippen molar-refractivity contribution in [3.63, 3.8) is 0 Å². The quantitative estimate of drug-likeness (QED) is 0.880. The monoisotopic (exact) mass is 328 g/mol. The number of hydrogen-bond donors (Lipinski definition) is 2. The zero-order valence-corrected chi connectivity index (χ0v) is 13.5. The molecule has 24 heavy (non-hydrogen) atoms. The maximum atomic E-state index is 12.1. The van der Waals surface area contributed by atoms with Crippen molar-refractivity contribution in [3.05, 3.63) is 41.8 Å². The molecule has 6 nitrogen and oxygen atoms in total. The van der Waals surface area contributed by atoms with Gasteiger partial charge in [0.25, 0.3) is 0 Å². The highest BCUT2D eigenvalue weighted by atomic mass is 16.4. The van der Waals surface area contributed by atoms with Crippen LogP contribution in [0.25, 0.3) is 11.5 Å².